The molecule has 5 nitrogen and oxygen atoms in total. The molecular formula is C15H20N2O3. The molecule has 1 heterocycles. The molecule has 0 bridgehead atoms. The van der Waals surface area contributed by atoms with Gasteiger partial charge in [0.25, 0.3) is 0 Å². The normalized spacial score (nSPS) is 12.1. The summed E-state index contributed by atoms with van der Waals surface area (Å²) in [6.07, 6.45) is 0.00145. The Bertz CT molecular complexity index is 666. The van der Waals surface area contributed by atoms with Gasteiger partial charge in [-0.25, -0.2) is 4.98 Å². The van der Waals surface area contributed by atoms with Gasteiger partial charge in [0.15, 0.2) is 0 Å². The lowest BCUT2D eigenvalue weighted by atomic mass is 10.1. The Morgan fingerprint density at radius 1 is 1.30 bits per heavy atom. The number of aliphatic carboxylic acids is 1. The number of hydrogen-bond donors (Lipinski definition) is 2. The fourth-order valence-corrected chi connectivity index (χ4v) is 2.28. The number of benzene rings is 1. The van der Waals surface area contributed by atoms with Gasteiger partial charge in [-0.15, -0.1) is 0 Å². The predicted octanol–water partition coefficient (Wildman–Crippen LogP) is 2.36. The number of aryl methyl sites for hydroxylation is 3. The monoisotopic (exact) mass is 276 g/mol. The maximum absolute atomic E-state index is 10.8. The highest BCUT2D eigenvalue weighted by Gasteiger charge is 2.25. The van der Waals surface area contributed by atoms with Crippen LogP contribution in [-0.4, -0.2) is 25.7 Å². The molecule has 0 aliphatic carbocycles. The Hall–Kier alpha value is -1.88. The van der Waals surface area contributed by atoms with E-state index in [0.29, 0.717) is 12.4 Å². The van der Waals surface area contributed by atoms with Gasteiger partial charge in [-0.1, -0.05) is 0 Å². The third kappa shape index (κ3) is 2.67. The second kappa shape index (κ2) is 4.90. The highest BCUT2D eigenvalue weighted by atomic mass is 16.4. The molecule has 0 spiro atoms. The average molecular weight is 276 g/mol. The molecule has 2 aromatic rings. The van der Waals surface area contributed by atoms with Gasteiger partial charge in [0.1, 0.15) is 11.4 Å². The second-order valence-electron chi connectivity index (χ2n) is 5.71. The van der Waals surface area contributed by atoms with Gasteiger partial charge in [0, 0.05) is 6.54 Å². The summed E-state index contributed by atoms with van der Waals surface area (Å²) in [7, 11) is 0. The van der Waals surface area contributed by atoms with Crippen molar-refractivity contribution in [2.75, 3.05) is 0 Å². The summed E-state index contributed by atoms with van der Waals surface area (Å²) >= 11 is 0. The molecule has 20 heavy (non-hydrogen) atoms. The lowest BCUT2D eigenvalue weighted by molar-refractivity contribution is -0.137. The SMILES string of the molecule is Cc1cc2nc(C(C)(C)O)n(CCC(=O)O)c2cc1C. The van der Waals surface area contributed by atoms with Crippen LogP contribution in [0.3, 0.4) is 0 Å². The Morgan fingerprint density at radius 3 is 2.45 bits per heavy atom. The summed E-state index contributed by atoms with van der Waals surface area (Å²) in [6.45, 7) is 7.63. The molecule has 1 aromatic heterocycles. The molecule has 0 saturated carbocycles. The van der Waals surface area contributed by atoms with Crippen LogP contribution >= 0.6 is 0 Å². The maximum Gasteiger partial charge on any atom is 0.305 e. The van der Waals surface area contributed by atoms with Crippen LogP contribution in [0, 0.1) is 13.8 Å². The van der Waals surface area contributed by atoms with E-state index in [1.165, 1.54) is 0 Å². The van der Waals surface area contributed by atoms with Gasteiger partial charge in [0.2, 0.25) is 0 Å². The number of aliphatic hydroxyl groups is 1. The van der Waals surface area contributed by atoms with E-state index < -0.39 is 11.6 Å². The number of fused-ring (bicyclic) bond motifs is 1. The smallest absolute Gasteiger partial charge is 0.305 e. The molecule has 0 aliphatic heterocycles. The summed E-state index contributed by atoms with van der Waals surface area (Å²) in [4.78, 5) is 15.3. The van der Waals surface area contributed by atoms with Crippen LogP contribution in [0.15, 0.2) is 12.1 Å². The van der Waals surface area contributed by atoms with E-state index in [1.54, 1.807) is 18.4 Å². The van der Waals surface area contributed by atoms with Crippen LogP contribution < -0.4 is 0 Å². The summed E-state index contributed by atoms with van der Waals surface area (Å²) in [6, 6.07) is 3.96. The first kappa shape index (κ1) is 14.5. The van der Waals surface area contributed by atoms with Crippen molar-refractivity contribution >= 4 is 17.0 Å². The summed E-state index contributed by atoms with van der Waals surface area (Å²) in [5.74, 6) is -0.365. The Balaban J connectivity index is 2.65. The third-order valence-electron chi connectivity index (χ3n) is 3.46. The predicted molar refractivity (Wildman–Crippen MR) is 76.7 cm³/mol. The van der Waals surface area contributed by atoms with Crippen LogP contribution in [0.2, 0.25) is 0 Å². The number of nitrogens with zero attached hydrogens (tertiary/aromatic N) is 2. The van der Waals surface area contributed by atoms with Gasteiger partial charge >= 0.3 is 5.97 Å². The standard InChI is InChI=1S/C15H20N2O3/c1-9-7-11-12(8-10(9)2)17(6-5-13(18)19)14(16-11)15(3,4)20/h7-8,20H,5-6H2,1-4H3,(H,18,19). The van der Waals surface area contributed by atoms with Crippen LogP contribution in [0.25, 0.3) is 11.0 Å². The first-order chi connectivity index (χ1) is 9.20. The van der Waals surface area contributed by atoms with E-state index in [9.17, 15) is 9.90 Å². The van der Waals surface area contributed by atoms with E-state index in [4.69, 9.17) is 5.11 Å². The van der Waals surface area contributed by atoms with Crippen molar-refractivity contribution in [1.29, 1.82) is 0 Å². The quantitative estimate of drug-likeness (QED) is 0.899. The van der Waals surface area contributed by atoms with Crippen LogP contribution in [0.1, 0.15) is 37.2 Å². The number of rotatable bonds is 4. The van der Waals surface area contributed by atoms with Gasteiger partial charge in [0.05, 0.1) is 17.5 Å². The van der Waals surface area contributed by atoms with Crippen molar-refractivity contribution < 1.29 is 15.0 Å². The molecule has 0 fully saturated rings. The average Bonchev–Trinajstić information content (AvgIpc) is 2.65. The number of carboxylic acids is 1. The Labute approximate surface area is 117 Å². The zero-order valence-electron chi connectivity index (χ0n) is 12.3. The minimum absolute atomic E-state index is 0.00145. The largest absolute Gasteiger partial charge is 0.481 e. The van der Waals surface area contributed by atoms with Crippen molar-refractivity contribution in [3.05, 3.63) is 29.1 Å². The van der Waals surface area contributed by atoms with Crippen LogP contribution in [0.5, 0.6) is 0 Å². The van der Waals surface area contributed by atoms with Crippen molar-refractivity contribution in [1.82, 2.24) is 9.55 Å². The summed E-state index contributed by atoms with van der Waals surface area (Å²) in [5.41, 5.74) is 2.79. The number of carboxylic acid groups (broad SMARTS) is 1. The van der Waals surface area contributed by atoms with E-state index in [0.717, 1.165) is 22.2 Å². The molecule has 5 heteroatoms. The van der Waals surface area contributed by atoms with Crippen molar-refractivity contribution in [3.8, 4) is 0 Å². The fourth-order valence-electron chi connectivity index (χ4n) is 2.28. The van der Waals surface area contributed by atoms with Gasteiger partial charge in [-0.05, 0) is 51.0 Å². The molecule has 0 radical (unpaired) electrons. The molecule has 0 aliphatic rings. The molecule has 1 aromatic carbocycles. The Kier molecular flexibility index (Phi) is 3.56. The van der Waals surface area contributed by atoms with E-state index >= 15 is 0 Å². The Morgan fingerprint density at radius 2 is 1.90 bits per heavy atom. The molecule has 108 valence electrons. The third-order valence-corrected chi connectivity index (χ3v) is 3.46. The highest BCUT2D eigenvalue weighted by molar-refractivity contribution is 5.78. The summed E-state index contributed by atoms with van der Waals surface area (Å²) < 4.78 is 1.80. The second-order valence-corrected chi connectivity index (χ2v) is 5.71. The van der Waals surface area contributed by atoms with Crippen molar-refractivity contribution in [2.24, 2.45) is 0 Å². The molecule has 0 amide bonds. The lowest BCUT2D eigenvalue weighted by Crippen LogP contribution is -2.23. The summed E-state index contributed by atoms with van der Waals surface area (Å²) in [5, 5.41) is 19.1. The topological polar surface area (TPSA) is 75.4 Å². The van der Waals surface area contributed by atoms with Crippen LogP contribution in [-0.2, 0) is 16.9 Å². The molecule has 2 rings (SSSR count). The van der Waals surface area contributed by atoms with Gasteiger partial charge < -0.3 is 14.8 Å². The zero-order valence-corrected chi connectivity index (χ0v) is 12.3. The minimum Gasteiger partial charge on any atom is -0.481 e. The lowest BCUT2D eigenvalue weighted by Gasteiger charge is -2.18. The fraction of sp³-hybridized carbons (Fsp3) is 0.467. The maximum atomic E-state index is 10.8. The van der Waals surface area contributed by atoms with Crippen molar-refractivity contribution in [3.63, 3.8) is 0 Å². The number of carbonyl (C=O) groups is 1. The van der Waals surface area contributed by atoms with E-state index in [1.807, 2.05) is 26.0 Å². The van der Waals surface area contributed by atoms with E-state index in [2.05, 4.69) is 4.98 Å². The molecule has 0 atom stereocenters. The van der Waals surface area contributed by atoms with Gasteiger partial charge in [-0.2, -0.15) is 0 Å². The number of hydrogen-bond acceptors (Lipinski definition) is 3. The van der Waals surface area contributed by atoms with Crippen LogP contribution in [0.4, 0.5) is 0 Å². The van der Waals surface area contributed by atoms with Crippen molar-refractivity contribution in [2.45, 2.75) is 46.3 Å². The highest BCUT2D eigenvalue weighted by Crippen LogP contribution is 2.27. The van der Waals surface area contributed by atoms with E-state index in [-0.39, 0.29) is 6.42 Å². The molecular weight excluding hydrogens is 256 g/mol. The zero-order chi connectivity index (χ0) is 15.1. The van der Waals surface area contributed by atoms with Gasteiger partial charge in [-0.3, -0.25) is 4.79 Å². The number of aromatic nitrogens is 2. The molecule has 2 N–H and O–H groups in total. The minimum atomic E-state index is -1.11. The molecule has 0 saturated heterocycles. The first-order valence-corrected chi connectivity index (χ1v) is 6.62. The molecule has 0 unspecified atom stereocenters. The number of imidazole rings is 1. The first-order valence-electron chi connectivity index (χ1n) is 6.62.